The van der Waals surface area contributed by atoms with E-state index >= 15 is 0 Å². The van der Waals surface area contributed by atoms with Crippen molar-refractivity contribution in [3.63, 3.8) is 0 Å². The molecule has 4 heteroatoms. The number of fused-ring (bicyclic) bond motifs is 2. The van der Waals surface area contributed by atoms with E-state index < -0.39 is 0 Å². The Labute approximate surface area is 120 Å². The first-order chi connectivity index (χ1) is 10.2. The summed E-state index contributed by atoms with van der Waals surface area (Å²) in [7, 11) is 0. The predicted octanol–water partition coefficient (Wildman–Crippen LogP) is 3.81. The average Bonchev–Trinajstić information content (AvgIpc) is 3.08. The standard InChI is InChI=1S/C17H13N3O/c1-10(11-6-7-12-9-18-20-15(12)8-11)16-13-4-2-3-5-14(13)19-17(16)21/h2-9,19,21H,1H2,(H,18,20). The minimum atomic E-state index is 0.144. The maximum Gasteiger partial charge on any atom is 0.197 e. The number of aromatic nitrogens is 3. The molecular formula is C17H13N3O. The van der Waals surface area contributed by atoms with Crippen LogP contribution in [0.2, 0.25) is 0 Å². The second-order valence-corrected chi connectivity index (χ2v) is 5.04. The number of H-pyrrole nitrogens is 2. The summed E-state index contributed by atoms with van der Waals surface area (Å²) in [6.07, 6.45) is 1.78. The zero-order valence-electron chi connectivity index (χ0n) is 11.2. The number of para-hydroxylation sites is 1. The lowest BCUT2D eigenvalue weighted by Gasteiger charge is -2.06. The summed E-state index contributed by atoms with van der Waals surface area (Å²) < 4.78 is 0. The Bertz CT molecular complexity index is 978. The molecule has 102 valence electrons. The minimum absolute atomic E-state index is 0.144. The van der Waals surface area contributed by atoms with Crippen LogP contribution >= 0.6 is 0 Å². The van der Waals surface area contributed by atoms with Gasteiger partial charge in [-0.3, -0.25) is 5.10 Å². The third-order valence-corrected chi connectivity index (χ3v) is 3.78. The normalized spacial score (nSPS) is 11.2. The number of aromatic hydroxyl groups is 1. The molecule has 2 aromatic heterocycles. The lowest BCUT2D eigenvalue weighted by atomic mass is 9.98. The molecule has 21 heavy (non-hydrogen) atoms. The number of hydrogen-bond donors (Lipinski definition) is 3. The Morgan fingerprint density at radius 3 is 2.86 bits per heavy atom. The van der Waals surface area contributed by atoms with E-state index in [1.165, 1.54) is 0 Å². The first-order valence-electron chi connectivity index (χ1n) is 6.66. The Morgan fingerprint density at radius 1 is 1.10 bits per heavy atom. The van der Waals surface area contributed by atoms with Gasteiger partial charge in [-0.2, -0.15) is 5.10 Å². The highest BCUT2D eigenvalue weighted by atomic mass is 16.3. The van der Waals surface area contributed by atoms with E-state index in [4.69, 9.17) is 0 Å². The zero-order chi connectivity index (χ0) is 14.4. The van der Waals surface area contributed by atoms with Gasteiger partial charge in [-0.05, 0) is 23.3 Å². The summed E-state index contributed by atoms with van der Waals surface area (Å²) in [6, 6.07) is 13.8. The van der Waals surface area contributed by atoms with Crippen LogP contribution in [0, 0.1) is 0 Å². The smallest absolute Gasteiger partial charge is 0.197 e. The van der Waals surface area contributed by atoms with Crippen molar-refractivity contribution in [1.82, 2.24) is 15.2 Å². The van der Waals surface area contributed by atoms with Crippen molar-refractivity contribution >= 4 is 27.4 Å². The van der Waals surface area contributed by atoms with E-state index in [9.17, 15) is 5.11 Å². The first kappa shape index (κ1) is 11.8. The van der Waals surface area contributed by atoms with Gasteiger partial charge in [0.1, 0.15) is 0 Å². The molecule has 0 spiro atoms. The molecule has 0 amide bonds. The van der Waals surface area contributed by atoms with Crippen molar-refractivity contribution in [2.45, 2.75) is 0 Å². The molecule has 3 N–H and O–H groups in total. The minimum Gasteiger partial charge on any atom is -0.494 e. The number of nitrogens with zero attached hydrogens (tertiary/aromatic N) is 1. The van der Waals surface area contributed by atoms with Gasteiger partial charge in [0.25, 0.3) is 0 Å². The van der Waals surface area contributed by atoms with E-state index in [2.05, 4.69) is 21.8 Å². The van der Waals surface area contributed by atoms with Crippen LogP contribution in [0.1, 0.15) is 11.1 Å². The van der Waals surface area contributed by atoms with Crippen LogP contribution < -0.4 is 0 Å². The highest BCUT2D eigenvalue weighted by molar-refractivity contribution is 6.00. The molecule has 2 aromatic carbocycles. The summed E-state index contributed by atoms with van der Waals surface area (Å²) in [6.45, 7) is 4.16. The monoisotopic (exact) mass is 275 g/mol. The van der Waals surface area contributed by atoms with E-state index in [0.717, 1.165) is 38.5 Å². The number of aromatic amines is 2. The lowest BCUT2D eigenvalue weighted by molar-refractivity contribution is 0.457. The Balaban J connectivity index is 1.91. The van der Waals surface area contributed by atoms with E-state index in [1.54, 1.807) is 6.20 Å². The third kappa shape index (κ3) is 1.73. The van der Waals surface area contributed by atoms with Crippen molar-refractivity contribution in [3.8, 4) is 5.88 Å². The number of benzene rings is 2. The molecule has 4 rings (SSSR count). The SMILES string of the molecule is C=C(c1ccc2cn[nH]c2c1)c1c(O)[nH]c2ccccc12. The van der Waals surface area contributed by atoms with E-state index in [0.29, 0.717) is 0 Å². The highest BCUT2D eigenvalue weighted by Gasteiger charge is 2.15. The summed E-state index contributed by atoms with van der Waals surface area (Å²) in [4.78, 5) is 2.98. The van der Waals surface area contributed by atoms with Gasteiger partial charge in [0.15, 0.2) is 5.88 Å². The van der Waals surface area contributed by atoms with E-state index in [-0.39, 0.29) is 5.88 Å². The topological polar surface area (TPSA) is 64.7 Å². The van der Waals surface area contributed by atoms with Gasteiger partial charge in [0.2, 0.25) is 0 Å². The molecule has 4 aromatic rings. The summed E-state index contributed by atoms with van der Waals surface area (Å²) in [5.41, 5.74) is 4.32. The second kappa shape index (κ2) is 4.24. The molecule has 0 saturated carbocycles. The zero-order valence-corrected chi connectivity index (χ0v) is 11.2. The van der Waals surface area contributed by atoms with Gasteiger partial charge in [0.05, 0.1) is 17.3 Å². The summed E-state index contributed by atoms with van der Waals surface area (Å²) in [5, 5.41) is 19.2. The third-order valence-electron chi connectivity index (χ3n) is 3.78. The molecule has 0 aliphatic heterocycles. The van der Waals surface area contributed by atoms with Crippen molar-refractivity contribution < 1.29 is 5.11 Å². The molecule has 0 bridgehead atoms. The molecular weight excluding hydrogens is 262 g/mol. The molecule has 4 nitrogen and oxygen atoms in total. The van der Waals surface area contributed by atoms with Crippen LogP contribution in [-0.4, -0.2) is 20.3 Å². The first-order valence-corrected chi connectivity index (χ1v) is 6.66. The Hall–Kier alpha value is -3.01. The Kier molecular flexibility index (Phi) is 2.38. The molecule has 0 fully saturated rings. The molecule has 0 radical (unpaired) electrons. The highest BCUT2D eigenvalue weighted by Crippen LogP contribution is 2.36. The van der Waals surface area contributed by atoms with Gasteiger partial charge in [-0.25, -0.2) is 0 Å². The van der Waals surface area contributed by atoms with Gasteiger partial charge >= 0.3 is 0 Å². The largest absolute Gasteiger partial charge is 0.494 e. The van der Waals surface area contributed by atoms with Crippen LogP contribution in [-0.2, 0) is 0 Å². The summed E-state index contributed by atoms with van der Waals surface area (Å²) >= 11 is 0. The Morgan fingerprint density at radius 2 is 1.95 bits per heavy atom. The molecule has 0 saturated heterocycles. The lowest BCUT2D eigenvalue weighted by Crippen LogP contribution is -1.86. The van der Waals surface area contributed by atoms with Crippen LogP contribution in [0.25, 0.3) is 27.4 Å². The molecule has 0 unspecified atom stereocenters. The van der Waals surface area contributed by atoms with Crippen LogP contribution in [0.4, 0.5) is 0 Å². The van der Waals surface area contributed by atoms with Crippen molar-refractivity contribution in [1.29, 1.82) is 0 Å². The second-order valence-electron chi connectivity index (χ2n) is 5.04. The maximum atomic E-state index is 10.2. The van der Waals surface area contributed by atoms with Gasteiger partial charge in [-0.15, -0.1) is 0 Å². The fraction of sp³-hybridized carbons (Fsp3) is 0. The fourth-order valence-electron chi connectivity index (χ4n) is 2.70. The quantitative estimate of drug-likeness (QED) is 0.521. The number of hydrogen-bond acceptors (Lipinski definition) is 2. The molecule has 0 aliphatic rings. The molecule has 0 atom stereocenters. The maximum absolute atomic E-state index is 10.2. The van der Waals surface area contributed by atoms with Crippen LogP contribution in [0.15, 0.2) is 55.2 Å². The van der Waals surface area contributed by atoms with Gasteiger partial charge < -0.3 is 10.1 Å². The summed E-state index contributed by atoms with van der Waals surface area (Å²) in [5.74, 6) is 0.144. The fourth-order valence-corrected chi connectivity index (χ4v) is 2.70. The number of nitrogens with one attached hydrogen (secondary N) is 2. The van der Waals surface area contributed by atoms with Gasteiger partial charge in [0, 0.05) is 16.3 Å². The predicted molar refractivity (Wildman–Crippen MR) is 84.2 cm³/mol. The number of rotatable bonds is 2. The van der Waals surface area contributed by atoms with Gasteiger partial charge in [-0.1, -0.05) is 36.9 Å². The molecule has 2 heterocycles. The van der Waals surface area contributed by atoms with Crippen molar-refractivity contribution in [3.05, 3.63) is 66.4 Å². The molecule has 0 aliphatic carbocycles. The average molecular weight is 275 g/mol. The van der Waals surface area contributed by atoms with Crippen LogP contribution in [0.5, 0.6) is 5.88 Å². The van der Waals surface area contributed by atoms with Crippen LogP contribution in [0.3, 0.4) is 0 Å². The van der Waals surface area contributed by atoms with Crippen molar-refractivity contribution in [2.24, 2.45) is 0 Å². The van der Waals surface area contributed by atoms with E-state index in [1.807, 2.05) is 42.5 Å². The van der Waals surface area contributed by atoms with Crippen molar-refractivity contribution in [2.75, 3.05) is 0 Å².